The van der Waals surface area contributed by atoms with E-state index in [-0.39, 0.29) is 17.5 Å². The topological polar surface area (TPSA) is 66.4 Å². The number of carboxylic acid groups (broad SMARTS) is 1. The number of carbonyl (C=O) groups excluding carboxylic acids is 1. The Morgan fingerprint density at radius 1 is 1.39 bits per heavy atom. The average Bonchev–Trinajstić information content (AvgIpc) is 2.28. The van der Waals surface area contributed by atoms with Gasteiger partial charge in [-0.2, -0.15) is 0 Å². The summed E-state index contributed by atoms with van der Waals surface area (Å²) in [6, 6.07) is 4.56. The summed E-state index contributed by atoms with van der Waals surface area (Å²) >= 11 is 0. The highest BCUT2D eigenvalue weighted by molar-refractivity contribution is 5.97. The molecule has 1 aromatic carbocycles. The van der Waals surface area contributed by atoms with Crippen molar-refractivity contribution in [2.45, 2.75) is 26.3 Å². The molecule has 4 nitrogen and oxygen atoms in total. The number of rotatable bonds is 5. The summed E-state index contributed by atoms with van der Waals surface area (Å²) in [7, 11) is 0. The number of aryl methyl sites for hydroxylation is 1. The van der Waals surface area contributed by atoms with Crippen molar-refractivity contribution >= 4 is 11.9 Å². The van der Waals surface area contributed by atoms with Gasteiger partial charge in [0.25, 0.3) is 5.91 Å². The zero-order chi connectivity index (χ0) is 13.7. The zero-order valence-electron chi connectivity index (χ0n) is 10.6. The molecule has 1 unspecified atom stereocenters. The number of hydrogen-bond acceptors (Lipinski definition) is 2. The van der Waals surface area contributed by atoms with E-state index in [1.807, 2.05) is 6.92 Å². The molecule has 18 heavy (non-hydrogen) atoms. The monoisotopic (exact) mass is 247 g/mol. The number of aromatic carboxylic acids is 1. The molecule has 4 heteroatoms. The first-order chi connectivity index (χ1) is 8.43. The van der Waals surface area contributed by atoms with Crippen molar-refractivity contribution in [1.82, 2.24) is 5.32 Å². The van der Waals surface area contributed by atoms with Gasteiger partial charge >= 0.3 is 5.97 Å². The molecule has 0 aliphatic rings. The van der Waals surface area contributed by atoms with Crippen LogP contribution in [0.4, 0.5) is 0 Å². The van der Waals surface area contributed by atoms with Crippen LogP contribution >= 0.6 is 0 Å². The van der Waals surface area contributed by atoms with E-state index >= 15 is 0 Å². The Balaban J connectivity index is 2.92. The normalized spacial score (nSPS) is 11.7. The second kappa shape index (κ2) is 6.00. The van der Waals surface area contributed by atoms with Gasteiger partial charge in [0, 0.05) is 11.6 Å². The van der Waals surface area contributed by atoms with Crippen LogP contribution in [-0.2, 0) is 0 Å². The van der Waals surface area contributed by atoms with Crippen LogP contribution in [0.2, 0.25) is 0 Å². The maximum atomic E-state index is 11.9. The highest BCUT2D eigenvalue weighted by Crippen LogP contribution is 2.10. The minimum absolute atomic E-state index is 0.0243. The molecule has 1 aromatic rings. The summed E-state index contributed by atoms with van der Waals surface area (Å²) in [5, 5.41) is 11.7. The maximum Gasteiger partial charge on any atom is 0.335 e. The van der Waals surface area contributed by atoms with Gasteiger partial charge in [-0.05, 0) is 44.0 Å². The summed E-state index contributed by atoms with van der Waals surface area (Å²) in [5.41, 5.74) is 1.23. The standard InChI is InChI=1S/C14H17NO3/c1-4-5-10(3)15-13(16)11-6-9(2)7-12(8-11)14(17)18/h4,6-8,10H,1,5H2,2-3H3,(H,15,16)(H,17,18). The van der Waals surface area contributed by atoms with Crippen LogP contribution in [0.25, 0.3) is 0 Å². The summed E-state index contributed by atoms with van der Waals surface area (Å²) in [4.78, 5) is 22.8. The molecule has 0 aliphatic carbocycles. The Labute approximate surface area is 106 Å². The summed E-state index contributed by atoms with van der Waals surface area (Å²) in [6.45, 7) is 7.23. The van der Waals surface area contributed by atoms with E-state index < -0.39 is 5.97 Å². The summed E-state index contributed by atoms with van der Waals surface area (Å²) in [6.07, 6.45) is 2.40. The van der Waals surface area contributed by atoms with Crippen LogP contribution in [0, 0.1) is 6.92 Å². The Hall–Kier alpha value is -2.10. The van der Waals surface area contributed by atoms with Gasteiger partial charge in [-0.15, -0.1) is 6.58 Å². The zero-order valence-corrected chi connectivity index (χ0v) is 10.6. The summed E-state index contributed by atoms with van der Waals surface area (Å²) in [5.74, 6) is -1.30. The third-order valence-corrected chi connectivity index (χ3v) is 2.48. The van der Waals surface area contributed by atoms with Crippen LogP contribution in [0.1, 0.15) is 39.6 Å². The fourth-order valence-electron chi connectivity index (χ4n) is 1.65. The van der Waals surface area contributed by atoms with Crippen LogP contribution in [0.15, 0.2) is 30.9 Å². The van der Waals surface area contributed by atoms with E-state index in [0.29, 0.717) is 12.0 Å². The molecule has 2 N–H and O–H groups in total. The lowest BCUT2D eigenvalue weighted by Gasteiger charge is -2.12. The molecule has 0 saturated heterocycles. The van der Waals surface area contributed by atoms with Crippen LogP contribution in [0.5, 0.6) is 0 Å². The molecule has 0 saturated carbocycles. The van der Waals surface area contributed by atoms with E-state index in [1.165, 1.54) is 12.1 Å². The van der Waals surface area contributed by atoms with E-state index in [9.17, 15) is 9.59 Å². The van der Waals surface area contributed by atoms with Crippen molar-refractivity contribution in [3.05, 3.63) is 47.5 Å². The first-order valence-corrected chi connectivity index (χ1v) is 5.70. The summed E-state index contributed by atoms with van der Waals surface area (Å²) < 4.78 is 0. The van der Waals surface area contributed by atoms with E-state index in [2.05, 4.69) is 11.9 Å². The van der Waals surface area contributed by atoms with E-state index in [4.69, 9.17) is 5.11 Å². The Morgan fingerprint density at radius 2 is 2.00 bits per heavy atom. The van der Waals surface area contributed by atoms with Crippen molar-refractivity contribution in [3.63, 3.8) is 0 Å². The van der Waals surface area contributed by atoms with Gasteiger partial charge in [0.2, 0.25) is 0 Å². The quantitative estimate of drug-likeness (QED) is 0.785. The Bertz CT molecular complexity index is 480. The highest BCUT2D eigenvalue weighted by Gasteiger charge is 2.12. The molecular formula is C14H17NO3. The molecule has 0 aliphatic heterocycles. The lowest BCUT2D eigenvalue weighted by molar-refractivity contribution is 0.0696. The lowest BCUT2D eigenvalue weighted by Crippen LogP contribution is -2.32. The van der Waals surface area contributed by atoms with Gasteiger partial charge in [-0.3, -0.25) is 4.79 Å². The SMILES string of the molecule is C=CCC(C)NC(=O)c1cc(C)cc(C(=O)O)c1. The fourth-order valence-corrected chi connectivity index (χ4v) is 1.65. The number of hydrogen-bond donors (Lipinski definition) is 2. The second-order valence-electron chi connectivity index (χ2n) is 4.29. The Morgan fingerprint density at radius 3 is 2.56 bits per heavy atom. The van der Waals surface area contributed by atoms with E-state index in [0.717, 1.165) is 5.56 Å². The smallest absolute Gasteiger partial charge is 0.335 e. The van der Waals surface area contributed by atoms with Crippen molar-refractivity contribution in [1.29, 1.82) is 0 Å². The molecule has 0 spiro atoms. The molecule has 96 valence electrons. The van der Waals surface area contributed by atoms with E-state index in [1.54, 1.807) is 19.1 Å². The van der Waals surface area contributed by atoms with Crippen molar-refractivity contribution in [2.24, 2.45) is 0 Å². The number of carboxylic acids is 1. The third kappa shape index (κ3) is 3.73. The second-order valence-corrected chi connectivity index (χ2v) is 4.29. The van der Waals surface area contributed by atoms with Crippen molar-refractivity contribution in [2.75, 3.05) is 0 Å². The molecule has 1 amide bonds. The first kappa shape index (κ1) is 14.0. The Kier molecular flexibility index (Phi) is 4.66. The van der Waals surface area contributed by atoms with Crippen LogP contribution in [-0.4, -0.2) is 23.0 Å². The van der Waals surface area contributed by atoms with Gasteiger partial charge in [-0.1, -0.05) is 6.08 Å². The fraction of sp³-hybridized carbons (Fsp3) is 0.286. The van der Waals surface area contributed by atoms with Gasteiger partial charge in [0.1, 0.15) is 0 Å². The number of nitrogens with one attached hydrogen (secondary N) is 1. The highest BCUT2D eigenvalue weighted by atomic mass is 16.4. The molecular weight excluding hydrogens is 230 g/mol. The third-order valence-electron chi connectivity index (χ3n) is 2.48. The largest absolute Gasteiger partial charge is 0.478 e. The average molecular weight is 247 g/mol. The maximum absolute atomic E-state index is 11.9. The van der Waals surface area contributed by atoms with Gasteiger partial charge in [0.15, 0.2) is 0 Å². The van der Waals surface area contributed by atoms with Crippen LogP contribution < -0.4 is 5.32 Å². The molecule has 0 heterocycles. The molecule has 1 rings (SSSR count). The first-order valence-electron chi connectivity index (χ1n) is 5.70. The molecule has 0 fully saturated rings. The van der Waals surface area contributed by atoms with Gasteiger partial charge < -0.3 is 10.4 Å². The number of carbonyl (C=O) groups is 2. The van der Waals surface area contributed by atoms with Crippen molar-refractivity contribution in [3.8, 4) is 0 Å². The van der Waals surface area contributed by atoms with Crippen molar-refractivity contribution < 1.29 is 14.7 Å². The lowest BCUT2D eigenvalue weighted by atomic mass is 10.1. The minimum Gasteiger partial charge on any atom is -0.478 e. The molecule has 1 atom stereocenters. The molecule has 0 aromatic heterocycles. The van der Waals surface area contributed by atoms with Crippen LogP contribution in [0.3, 0.4) is 0 Å². The minimum atomic E-state index is -1.04. The number of amides is 1. The van der Waals surface area contributed by atoms with Gasteiger partial charge in [-0.25, -0.2) is 4.79 Å². The van der Waals surface area contributed by atoms with Gasteiger partial charge in [0.05, 0.1) is 5.56 Å². The molecule has 0 radical (unpaired) electrons. The molecule has 0 bridgehead atoms. The number of benzene rings is 1. The predicted molar refractivity (Wildman–Crippen MR) is 69.9 cm³/mol. The predicted octanol–water partition coefficient (Wildman–Crippen LogP) is 2.39.